The first-order valence-corrected chi connectivity index (χ1v) is 11.2. The normalized spacial score (nSPS) is 11.9. The second-order valence-corrected chi connectivity index (χ2v) is 10.5. The molecule has 4 rings (SSSR count). The van der Waals surface area contributed by atoms with E-state index >= 15 is 0 Å². The van der Waals surface area contributed by atoms with Crippen LogP contribution < -0.4 is 15.9 Å². The van der Waals surface area contributed by atoms with E-state index in [1.807, 2.05) is 6.07 Å². The van der Waals surface area contributed by atoms with Crippen molar-refractivity contribution in [1.82, 2.24) is 0 Å². The zero-order chi connectivity index (χ0) is 18.5. The van der Waals surface area contributed by atoms with E-state index in [-0.39, 0.29) is 0 Å². The molecule has 1 heterocycles. The van der Waals surface area contributed by atoms with Crippen molar-refractivity contribution in [2.24, 2.45) is 0 Å². The molecule has 0 aliphatic carbocycles. The van der Waals surface area contributed by atoms with Crippen molar-refractivity contribution in [1.29, 1.82) is 0 Å². The van der Waals surface area contributed by atoms with Gasteiger partial charge in [0, 0.05) is 0 Å². The number of hydrogen-bond donors (Lipinski definition) is 0. The molecule has 0 fully saturated rings. The van der Waals surface area contributed by atoms with Gasteiger partial charge in [-0.1, -0.05) is 0 Å². The van der Waals surface area contributed by atoms with Crippen molar-refractivity contribution in [3.8, 4) is 0 Å². The van der Waals surface area contributed by atoms with Crippen LogP contribution in [0.15, 0.2) is 108 Å². The van der Waals surface area contributed by atoms with Crippen LogP contribution in [-0.2, 0) is 6.16 Å². The van der Waals surface area contributed by atoms with Crippen LogP contribution >= 0.6 is 7.26 Å². The fraction of sp³-hybridized carbons (Fsp3) is 0.0417. The van der Waals surface area contributed by atoms with Gasteiger partial charge >= 0.3 is 159 Å². The van der Waals surface area contributed by atoms with Crippen molar-refractivity contribution in [2.75, 3.05) is 0 Å². The van der Waals surface area contributed by atoms with E-state index in [0.29, 0.717) is 5.76 Å². The van der Waals surface area contributed by atoms with Gasteiger partial charge in [-0.05, 0) is 0 Å². The molecule has 0 N–H and O–H groups in total. The van der Waals surface area contributed by atoms with Crippen molar-refractivity contribution in [3.63, 3.8) is 0 Å². The summed E-state index contributed by atoms with van der Waals surface area (Å²) < 4.78 is 5.82. The van der Waals surface area contributed by atoms with Crippen LogP contribution in [0.4, 0.5) is 0 Å². The van der Waals surface area contributed by atoms with Gasteiger partial charge in [-0.15, -0.1) is 0 Å². The third-order valence-electron chi connectivity index (χ3n) is 5.04. The van der Waals surface area contributed by atoms with E-state index in [4.69, 9.17) is 4.42 Å². The molecule has 0 radical (unpaired) electrons. The molecule has 4 aromatic rings. The molecule has 0 saturated carbocycles. The van der Waals surface area contributed by atoms with E-state index in [1.54, 1.807) is 6.07 Å². The molecular formula is C24H21O2P. The zero-order valence-electron chi connectivity index (χ0n) is 14.9. The first-order chi connectivity index (χ1) is 13.3. The zero-order valence-corrected chi connectivity index (χ0v) is 15.9. The number of rotatable bonds is 6. The Hall–Kier alpha value is -2.96. The maximum atomic E-state index is 11.1. The van der Waals surface area contributed by atoms with E-state index < -0.39 is 7.26 Å². The third kappa shape index (κ3) is 3.37. The molecule has 0 unspecified atom stereocenters. The summed E-state index contributed by atoms with van der Waals surface area (Å²) in [4.78, 5) is 11.1. The van der Waals surface area contributed by atoms with Gasteiger partial charge < -0.3 is 0 Å². The quantitative estimate of drug-likeness (QED) is 0.373. The standard InChI is InChI=1S/C24H21O2P/c25-18-20-16-17-21(26-20)19-27(22-10-4-1-5-11-22,23-12-6-2-7-13-23)24-14-8-3-9-15-24/h1-18,27H,19H2. The fourth-order valence-corrected chi connectivity index (χ4v) is 8.40. The molecule has 0 aliphatic rings. The average Bonchev–Trinajstić information content (AvgIpc) is 3.21. The summed E-state index contributed by atoms with van der Waals surface area (Å²) >= 11 is 0. The van der Waals surface area contributed by atoms with Crippen LogP contribution in [0.1, 0.15) is 16.3 Å². The number of carbonyl (C=O) groups is 1. The van der Waals surface area contributed by atoms with Gasteiger partial charge in [0.05, 0.1) is 0 Å². The predicted molar refractivity (Wildman–Crippen MR) is 114 cm³/mol. The van der Waals surface area contributed by atoms with Crippen molar-refractivity contribution in [2.45, 2.75) is 6.16 Å². The minimum absolute atomic E-state index is 0.377. The van der Waals surface area contributed by atoms with Crippen molar-refractivity contribution in [3.05, 3.63) is 115 Å². The Morgan fingerprint density at radius 3 is 1.44 bits per heavy atom. The number of aldehydes is 1. The summed E-state index contributed by atoms with van der Waals surface area (Å²) in [7, 11) is -2.37. The first-order valence-electron chi connectivity index (χ1n) is 9.03. The van der Waals surface area contributed by atoms with Gasteiger partial charge in [0.15, 0.2) is 0 Å². The summed E-state index contributed by atoms with van der Waals surface area (Å²) in [5.74, 6) is 1.22. The molecule has 0 spiro atoms. The second kappa shape index (κ2) is 7.73. The Morgan fingerprint density at radius 2 is 1.07 bits per heavy atom. The number of hydrogen-bond acceptors (Lipinski definition) is 2. The molecule has 1 aromatic heterocycles. The molecular weight excluding hydrogens is 351 g/mol. The number of carbonyl (C=O) groups excluding carboxylic acids is 1. The van der Waals surface area contributed by atoms with Crippen molar-refractivity contribution >= 4 is 29.5 Å². The number of furan rings is 1. The van der Waals surface area contributed by atoms with Crippen LogP contribution in [0.5, 0.6) is 0 Å². The summed E-state index contributed by atoms with van der Waals surface area (Å²) in [5.41, 5.74) is 0. The van der Waals surface area contributed by atoms with E-state index in [0.717, 1.165) is 18.2 Å². The average molecular weight is 372 g/mol. The SMILES string of the molecule is O=Cc1ccc(C[PH](c2ccccc2)(c2ccccc2)c2ccccc2)o1. The Morgan fingerprint density at radius 1 is 0.630 bits per heavy atom. The summed E-state index contributed by atoms with van der Waals surface area (Å²) in [6, 6.07) is 35.7. The topological polar surface area (TPSA) is 30.2 Å². The Bertz CT molecular complexity index is 911. The van der Waals surface area contributed by atoms with Gasteiger partial charge in [-0.25, -0.2) is 0 Å². The van der Waals surface area contributed by atoms with Gasteiger partial charge in [0.2, 0.25) is 0 Å². The molecule has 27 heavy (non-hydrogen) atoms. The summed E-state index contributed by atoms with van der Waals surface area (Å²) in [5, 5.41) is 3.98. The Labute approximate surface area is 159 Å². The first kappa shape index (κ1) is 17.5. The van der Waals surface area contributed by atoms with Gasteiger partial charge in [0.1, 0.15) is 0 Å². The molecule has 134 valence electrons. The Kier molecular flexibility index (Phi) is 5.00. The predicted octanol–water partition coefficient (Wildman–Crippen LogP) is 4.32. The summed E-state index contributed by atoms with van der Waals surface area (Å²) in [6.45, 7) is 0. The van der Waals surface area contributed by atoms with E-state index in [2.05, 4.69) is 91.0 Å². The monoisotopic (exact) mass is 372 g/mol. The molecule has 0 amide bonds. The minimum atomic E-state index is -2.37. The van der Waals surface area contributed by atoms with Crippen LogP contribution in [0.25, 0.3) is 0 Å². The maximum absolute atomic E-state index is 11.1. The Balaban J connectivity index is 1.98. The van der Waals surface area contributed by atoms with Crippen molar-refractivity contribution < 1.29 is 9.21 Å². The molecule has 3 aromatic carbocycles. The van der Waals surface area contributed by atoms with E-state index in [9.17, 15) is 4.79 Å². The molecule has 3 heteroatoms. The fourth-order valence-electron chi connectivity index (χ4n) is 3.79. The van der Waals surface area contributed by atoms with Crippen LogP contribution in [-0.4, -0.2) is 6.29 Å². The number of benzene rings is 3. The summed E-state index contributed by atoms with van der Waals surface area (Å²) in [6.07, 6.45) is 1.53. The van der Waals surface area contributed by atoms with Gasteiger partial charge in [-0.3, -0.25) is 0 Å². The van der Waals surface area contributed by atoms with Crippen LogP contribution in [0.2, 0.25) is 0 Å². The molecule has 0 saturated heterocycles. The molecule has 0 atom stereocenters. The molecule has 0 aliphatic heterocycles. The second-order valence-electron chi connectivity index (χ2n) is 6.60. The van der Waals surface area contributed by atoms with Gasteiger partial charge in [-0.2, -0.15) is 0 Å². The van der Waals surface area contributed by atoms with Crippen LogP contribution in [0.3, 0.4) is 0 Å². The third-order valence-corrected chi connectivity index (χ3v) is 9.87. The van der Waals surface area contributed by atoms with Gasteiger partial charge in [0.25, 0.3) is 0 Å². The molecule has 2 nitrogen and oxygen atoms in total. The van der Waals surface area contributed by atoms with E-state index in [1.165, 1.54) is 15.9 Å². The molecule has 0 bridgehead atoms. The van der Waals surface area contributed by atoms with Crippen LogP contribution in [0, 0.1) is 0 Å².